The van der Waals surface area contributed by atoms with Gasteiger partial charge in [-0.3, -0.25) is 9.59 Å². The minimum atomic E-state index is -0.889. The monoisotopic (exact) mass is 341 g/mol. The molecule has 4 nitrogen and oxygen atoms in total. The highest BCUT2D eigenvalue weighted by Gasteiger charge is 2.44. The van der Waals surface area contributed by atoms with Crippen LogP contribution in [-0.2, 0) is 22.4 Å². The normalized spacial score (nSPS) is 15.2. The van der Waals surface area contributed by atoms with E-state index in [9.17, 15) is 14.0 Å². The van der Waals surface area contributed by atoms with E-state index < -0.39 is 11.4 Å². The summed E-state index contributed by atoms with van der Waals surface area (Å²) < 4.78 is 13.4. The summed E-state index contributed by atoms with van der Waals surface area (Å²) in [4.78, 5) is 23.5. The smallest absolute Gasteiger partial charge is 0.307 e. The van der Waals surface area contributed by atoms with Crippen LogP contribution in [0.25, 0.3) is 0 Å². The zero-order valence-corrected chi connectivity index (χ0v) is 13.8. The average molecular weight is 341 g/mol. The summed E-state index contributed by atoms with van der Waals surface area (Å²) in [5.74, 6) is -1.24. The zero-order valence-electron chi connectivity index (χ0n) is 13.8. The predicted molar refractivity (Wildman–Crippen MR) is 92.8 cm³/mol. The molecule has 0 radical (unpaired) electrons. The van der Waals surface area contributed by atoms with E-state index in [1.807, 2.05) is 6.07 Å². The van der Waals surface area contributed by atoms with Gasteiger partial charge in [0.25, 0.3) is 0 Å². The predicted octanol–water partition coefficient (Wildman–Crippen LogP) is 3.80. The largest absolute Gasteiger partial charge is 0.481 e. The maximum atomic E-state index is 13.4. The van der Waals surface area contributed by atoms with Gasteiger partial charge in [0, 0.05) is 5.69 Å². The quantitative estimate of drug-likeness (QED) is 0.840. The minimum Gasteiger partial charge on any atom is -0.481 e. The van der Waals surface area contributed by atoms with Crippen molar-refractivity contribution in [1.82, 2.24) is 0 Å². The first kappa shape index (κ1) is 17.1. The number of anilines is 1. The van der Waals surface area contributed by atoms with E-state index in [0.717, 1.165) is 24.8 Å². The SMILES string of the molecule is O=C(O)Cc1ccc(NC(=O)C2(Cc3cccc(F)c3)CCC2)cc1. The molecule has 2 aromatic rings. The first-order valence-electron chi connectivity index (χ1n) is 8.33. The number of carbonyl (C=O) groups is 2. The number of aliphatic carboxylic acids is 1. The number of carbonyl (C=O) groups excluding carboxylic acids is 1. The van der Waals surface area contributed by atoms with Gasteiger partial charge in [-0.15, -0.1) is 0 Å². The maximum absolute atomic E-state index is 13.4. The highest BCUT2D eigenvalue weighted by atomic mass is 19.1. The molecular formula is C20H20FNO3. The minimum absolute atomic E-state index is 0.0439. The van der Waals surface area contributed by atoms with E-state index in [1.165, 1.54) is 12.1 Å². The van der Waals surface area contributed by atoms with E-state index in [-0.39, 0.29) is 18.1 Å². The van der Waals surface area contributed by atoms with Crippen LogP contribution in [0.5, 0.6) is 0 Å². The van der Waals surface area contributed by atoms with E-state index in [4.69, 9.17) is 5.11 Å². The van der Waals surface area contributed by atoms with Crippen molar-refractivity contribution in [3.8, 4) is 0 Å². The molecule has 0 aromatic heterocycles. The molecule has 25 heavy (non-hydrogen) atoms. The Kier molecular flexibility index (Phi) is 4.83. The van der Waals surface area contributed by atoms with E-state index >= 15 is 0 Å². The van der Waals surface area contributed by atoms with Gasteiger partial charge in [-0.05, 0) is 54.7 Å². The molecule has 1 aliphatic carbocycles. The summed E-state index contributed by atoms with van der Waals surface area (Å²) >= 11 is 0. The van der Waals surface area contributed by atoms with Gasteiger partial charge >= 0.3 is 5.97 Å². The van der Waals surface area contributed by atoms with Crippen LogP contribution in [0.3, 0.4) is 0 Å². The molecule has 0 bridgehead atoms. The third-order valence-corrected chi connectivity index (χ3v) is 4.79. The lowest BCUT2D eigenvalue weighted by molar-refractivity contribution is -0.136. The van der Waals surface area contributed by atoms with Crippen molar-refractivity contribution in [1.29, 1.82) is 0 Å². The lowest BCUT2D eigenvalue weighted by Crippen LogP contribution is -2.43. The van der Waals surface area contributed by atoms with Gasteiger partial charge in [-0.25, -0.2) is 4.39 Å². The van der Waals surface area contributed by atoms with Crippen molar-refractivity contribution in [3.63, 3.8) is 0 Å². The second-order valence-corrected chi connectivity index (χ2v) is 6.66. The third-order valence-electron chi connectivity index (χ3n) is 4.79. The Morgan fingerprint density at radius 3 is 2.36 bits per heavy atom. The van der Waals surface area contributed by atoms with Crippen LogP contribution >= 0.6 is 0 Å². The van der Waals surface area contributed by atoms with Crippen LogP contribution < -0.4 is 5.32 Å². The van der Waals surface area contributed by atoms with Gasteiger partial charge in [-0.2, -0.15) is 0 Å². The second-order valence-electron chi connectivity index (χ2n) is 6.66. The standard InChI is InChI=1S/C20H20FNO3/c21-16-4-1-3-15(11-16)13-20(9-2-10-20)19(25)22-17-7-5-14(6-8-17)12-18(23)24/h1,3-8,11H,2,9-10,12-13H2,(H,22,25)(H,23,24). The molecular weight excluding hydrogens is 321 g/mol. The first-order valence-corrected chi connectivity index (χ1v) is 8.33. The maximum Gasteiger partial charge on any atom is 0.307 e. The molecule has 0 atom stereocenters. The zero-order chi connectivity index (χ0) is 17.9. The Bertz CT molecular complexity index is 782. The molecule has 3 rings (SSSR count). The molecule has 130 valence electrons. The van der Waals surface area contributed by atoms with E-state index in [1.54, 1.807) is 30.3 Å². The molecule has 1 fully saturated rings. The van der Waals surface area contributed by atoms with Crippen molar-refractivity contribution < 1.29 is 19.1 Å². The summed E-state index contributed by atoms with van der Waals surface area (Å²) in [6, 6.07) is 13.2. The summed E-state index contributed by atoms with van der Waals surface area (Å²) in [5.41, 5.74) is 1.66. The number of benzene rings is 2. The Morgan fingerprint density at radius 1 is 1.08 bits per heavy atom. The summed E-state index contributed by atoms with van der Waals surface area (Å²) in [6.07, 6.45) is 3.03. The Morgan fingerprint density at radius 2 is 1.80 bits per heavy atom. The van der Waals surface area contributed by atoms with Gasteiger partial charge in [-0.1, -0.05) is 30.7 Å². The van der Waals surface area contributed by atoms with Crippen LogP contribution in [0.15, 0.2) is 48.5 Å². The molecule has 2 N–H and O–H groups in total. The Labute approximate surface area is 145 Å². The Balaban J connectivity index is 1.69. The van der Waals surface area contributed by atoms with Crippen molar-refractivity contribution in [2.24, 2.45) is 5.41 Å². The molecule has 0 aliphatic heterocycles. The molecule has 0 spiro atoms. The number of carboxylic acids is 1. The van der Waals surface area contributed by atoms with Gasteiger partial charge in [0.15, 0.2) is 0 Å². The van der Waals surface area contributed by atoms with Crippen molar-refractivity contribution >= 4 is 17.6 Å². The summed E-state index contributed by atoms with van der Waals surface area (Å²) in [7, 11) is 0. The highest BCUT2D eigenvalue weighted by Crippen LogP contribution is 2.44. The summed E-state index contributed by atoms with van der Waals surface area (Å²) in [6.45, 7) is 0. The van der Waals surface area contributed by atoms with Crippen LogP contribution in [0.1, 0.15) is 30.4 Å². The fourth-order valence-electron chi connectivity index (χ4n) is 3.27. The molecule has 5 heteroatoms. The van der Waals surface area contributed by atoms with Crippen LogP contribution in [0.4, 0.5) is 10.1 Å². The van der Waals surface area contributed by atoms with Crippen LogP contribution in [0, 0.1) is 11.2 Å². The molecule has 0 unspecified atom stereocenters. The van der Waals surface area contributed by atoms with Crippen LogP contribution in [0.2, 0.25) is 0 Å². The number of amides is 1. The van der Waals surface area contributed by atoms with Crippen molar-refractivity contribution in [2.45, 2.75) is 32.1 Å². The topological polar surface area (TPSA) is 66.4 Å². The average Bonchev–Trinajstić information content (AvgIpc) is 2.52. The van der Waals surface area contributed by atoms with Crippen LogP contribution in [-0.4, -0.2) is 17.0 Å². The molecule has 1 amide bonds. The van der Waals surface area contributed by atoms with E-state index in [0.29, 0.717) is 17.7 Å². The van der Waals surface area contributed by atoms with Gasteiger partial charge < -0.3 is 10.4 Å². The molecule has 0 heterocycles. The number of nitrogens with one attached hydrogen (secondary N) is 1. The number of carboxylic acid groups (broad SMARTS) is 1. The molecule has 1 aliphatic rings. The van der Waals surface area contributed by atoms with Gasteiger partial charge in [0.1, 0.15) is 5.82 Å². The first-order chi connectivity index (χ1) is 12.0. The number of halogens is 1. The number of hydrogen-bond donors (Lipinski definition) is 2. The fourth-order valence-corrected chi connectivity index (χ4v) is 3.27. The lowest BCUT2D eigenvalue weighted by Gasteiger charge is -2.40. The summed E-state index contributed by atoms with van der Waals surface area (Å²) in [5, 5.41) is 11.7. The van der Waals surface area contributed by atoms with E-state index in [2.05, 4.69) is 5.32 Å². The fraction of sp³-hybridized carbons (Fsp3) is 0.300. The molecule has 1 saturated carbocycles. The van der Waals surface area contributed by atoms with Gasteiger partial charge in [0.05, 0.1) is 11.8 Å². The number of hydrogen-bond acceptors (Lipinski definition) is 2. The van der Waals surface area contributed by atoms with Gasteiger partial charge in [0.2, 0.25) is 5.91 Å². The molecule has 2 aromatic carbocycles. The third kappa shape index (κ3) is 4.05. The number of rotatable bonds is 6. The molecule has 0 saturated heterocycles. The second kappa shape index (κ2) is 7.05. The van der Waals surface area contributed by atoms with Crippen molar-refractivity contribution in [3.05, 3.63) is 65.5 Å². The Hall–Kier alpha value is -2.69. The highest BCUT2D eigenvalue weighted by molar-refractivity contribution is 5.96. The lowest BCUT2D eigenvalue weighted by atomic mass is 9.64. The van der Waals surface area contributed by atoms with Crippen molar-refractivity contribution in [2.75, 3.05) is 5.32 Å².